The van der Waals surface area contributed by atoms with Crippen molar-refractivity contribution in [3.63, 3.8) is 0 Å². The van der Waals surface area contributed by atoms with Crippen molar-refractivity contribution >= 4 is 18.3 Å². The van der Waals surface area contributed by atoms with Crippen molar-refractivity contribution in [2.45, 2.75) is 20.0 Å². The number of carbonyl (C=O) groups is 1. The number of rotatable bonds is 5. The van der Waals surface area contributed by atoms with Crippen molar-refractivity contribution in [1.29, 1.82) is 0 Å². The molecular formula is C13H19ClN2O2. The summed E-state index contributed by atoms with van der Waals surface area (Å²) in [4.78, 5) is 11.8. The molecular weight excluding hydrogens is 252 g/mol. The number of amides is 1. The fourth-order valence-electron chi connectivity index (χ4n) is 1.92. The standard InChI is InChI=1S/C13H18N2O2.ClH/c1-2-17-6-5-15-13(16)10-3-4-11-8-14-9-12(11)7-10;/h3-4,7,14H,2,5-6,8-9H2,1H3,(H,15,16);1H. The first-order valence-electron chi connectivity index (χ1n) is 5.99. The van der Waals surface area contributed by atoms with E-state index in [-0.39, 0.29) is 18.3 Å². The van der Waals surface area contributed by atoms with E-state index >= 15 is 0 Å². The van der Waals surface area contributed by atoms with E-state index in [0.29, 0.717) is 19.8 Å². The summed E-state index contributed by atoms with van der Waals surface area (Å²) in [6.07, 6.45) is 0. The van der Waals surface area contributed by atoms with Gasteiger partial charge in [0.15, 0.2) is 0 Å². The van der Waals surface area contributed by atoms with Crippen molar-refractivity contribution in [2.24, 2.45) is 0 Å². The highest BCUT2D eigenvalue weighted by Gasteiger charge is 2.12. The maximum Gasteiger partial charge on any atom is 0.251 e. The lowest BCUT2D eigenvalue weighted by atomic mass is 10.1. The van der Waals surface area contributed by atoms with E-state index in [2.05, 4.69) is 10.6 Å². The topological polar surface area (TPSA) is 50.4 Å². The van der Waals surface area contributed by atoms with Gasteiger partial charge in [-0.2, -0.15) is 0 Å². The lowest BCUT2D eigenvalue weighted by Gasteiger charge is -2.06. The van der Waals surface area contributed by atoms with Crippen molar-refractivity contribution in [1.82, 2.24) is 10.6 Å². The molecule has 0 spiro atoms. The quantitative estimate of drug-likeness (QED) is 0.797. The van der Waals surface area contributed by atoms with Crippen LogP contribution in [0.25, 0.3) is 0 Å². The zero-order chi connectivity index (χ0) is 12.1. The van der Waals surface area contributed by atoms with Crippen molar-refractivity contribution < 1.29 is 9.53 Å². The van der Waals surface area contributed by atoms with Gasteiger partial charge >= 0.3 is 0 Å². The Balaban J connectivity index is 0.00000162. The molecule has 2 N–H and O–H groups in total. The van der Waals surface area contributed by atoms with Crippen molar-refractivity contribution in [3.05, 3.63) is 34.9 Å². The van der Waals surface area contributed by atoms with Gasteiger partial charge in [-0.3, -0.25) is 4.79 Å². The molecule has 1 amide bonds. The van der Waals surface area contributed by atoms with E-state index < -0.39 is 0 Å². The minimum absolute atomic E-state index is 0. The van der Waals surface area contributed by atoms with Gasteiger partial charge in [0.05, 0.1) is 6.61 Å². The van der Waals surface area contributed by atoms with Crippen LogP contribution >= 0.6 is 12.4 Å². The largest absolute Gasteiger partial charge is 0.380 e. The number of hydrogen-bond acceptors (Lipinski definition) is 3. The smallest absolute Gasteiger partial charge is 0.251 e. The third-order valence-corrected chi connectivity index (χ3v) is 2.84. The number of halogens is 1. The lowest BCUT2D eigenvalue weighted by molar-refractivity contribution is 0.0922. The average molecular weight is 271 g/mol. The molecule has 5 heteroatoms. The number of carbonyl (C=O) groups excluding carboxylic acids is 1. The maximum atomic E-state index is 11.8. The van der Waals surface area contributed by atoms with Gasteiger partial charge in [-0.15, -0.1) is 12.4 Å². The van der Waals surface area contributed by atoms with Crippen LogP contribution in [-0.2, 0) is 17.8 Å². The Bertz CT molecular complexity index is 410. The zero-order valence-electron chi connectivity index (χ0n) is 10.5. The maximum absolute atomic E-state index is 11.8. The SMILES string of the molecule is CCOCCNC(=O)c1ccc2c(c1)CNC2.Cl. The van der Waals surface area contributed by atoms with E-state index in [0.717, 1.165) is 18.7 Å². The highest BCUT2D eigenvalue weighted by molar-refractivity contribution is 5.94. The normalized spacial score (nSPS) is 12.7. The van der Waals surface area contributed by atoms with Gasteiger partial charge in [-0.25, -0.2) is 0 Å². The van der Waals surface area contributed by atoms with E-state index in [1.54, 1.807) is 0 Å². The van der Waals surface area contributed by atoms with Crippen LogP contribution in [0.4, 0.5) is 0 Å². The Morgan fingerprint density at radius 1 is 1.39 bits per heavy atom. The van der Waals surface area contributed by atoms with Gasteiger partial charge in [0.2, 0.25) is 0 Å². The molecule has 1 heterocycles. The Labute approximate surface area is 114 Å². The van der Waals surface area contributed by atoms with Crippen molar-refractivity contribution in [3.8, 4) is 0 Å². The van der Waals surface area contributed by atoms with Crippen LogP contribution in [0, 0.1) is 0 Å². The van der Waals surface area contributed by atoms with Crippen LogP contribution in [-0.4, -0.2) is 25.7 Å². The monoisotopic (exact) mass is 270 g/mol. The highest BCUT2D eigenvalue weighted by Crippen LogP contribution is 2.16. The molecule has 0 aliphatic carbocycles. The van der Waals surface area contributed by atoms with Crippen molar-refractivity contribution in [2.75, 3.05) is 19.8 Å². The van der Waals surface area contributed by atoms with Gasteiger partial charge in [-0.1, -0.05) is 6.07 Å². The van der Waals surface area contributed by atoms with Crippen LogP contribution in [0.15, 0.2) is 18.2 Å². The van der Waals surface area contributed by atoms with E-state index in [1.807, 2.05) is 25.1 Å². The molecule has 1 aromatic carbocycles. The molecule has 0 fully saturated rings. The molecule has 0 radical (unpaired) electrons. The first kappa shape index (κ1) is 15.0. The Hall–Kier alpha value is -1.10. The molecule has 0 saturated heterocycles. The number of ether oxygens (including phenoxy) is 1. The van der Waals surface area contributed by atoms with Crippen LogP contribution in [0.1, 0.15) is 28.4 Å². The van der Waals surface area contributed by atoms with E-state index in [1.165, 1.54) is 11.1 Å². The third kappa shape index (κ3) is 3.70. The minimum atomic E-state index is -0.0283. The Morgan fingerprint density at radius 3 is 2.94 bits per heavy atom. The zero-order valence-corrected chi connectivity index (χ0v) is 11.3. The molecule has 0 unspecified atom stereocenters. The molecule has 0 saturated carbocycles. The molecule has 0 aromatic heterocycles. The number of hydrogen-bond donors (Lipinski definition) is 2. The second-order valence-corrected chi connectivity index (χ2v) is 4.04. The number of nitrogens with one attached hydrogen (secondary N) is 2. The summed E-state index contributed by atoms with van der Waals surface area (Å²) in [6.45, 7) is 5.50. The predicted molar refractivity (Wildman–Crippen MR) is 73.1 cm³/mol. The molecule has 1 aromatic rings. The lowest BCUT2D eigenvalue weighted by Crippen LogP contribution is -2.27. The number of benzene rings is 1. The fourth-order valence-corrected chi connectivity index (χ4v) is 1.92. The predicted octanol–water partition coefficient (Wildman–Crippen LogP) is 1.48. The second-order valence-electron chi connectivity index (χ2n) is 4.04. The molecule has 1 aliphatic rings. The summed E-state index contributed by atoms with van der Waals surface area (Å²) in [5.74, 6) is -0.0283. The fraction of sp³-hybridized carbons (Fsp3) is 0.462. The molecule has 1 aliphatic heterocycles. The summed E-state index contributed by atoms with van der Waals surface area (Å²) in [5.41, 5.74) is 3.24. The first-order chi connectivity index (χ1) is 8.31. The van der Waals surface area contributed by atoms with Crippen LogP contribution < -0.4 is 10.6 Å². The van der Waals surface area contributed by atoms with Crippen LogP contribution in [0.5, 0.6) is 0 Å². The van der Waals surface area contributed by atoms with Gasteiger partial charge < -0.3 is 15.4 Å². The molecule has 4 nitrogen and oxygen atoms in total. The van der Waals surface area contributed by atoms with E-state index in [4.69, 9.17) is 4.74 Å². The molecule has 0 bridgehead atoms. The highest BCUT2D eigenvalue weighted by atomic mass is 35.5. The molecule has 2 rings (SSSR count). The summed E-state index contributed by atoms with van der Waals surface area (Å²) < 4.78 is 5.17. The van der Waals surface area contributed by atoms with E-state index in [9.17, 15) is 4.79 Å². The summed E-state index contributed by atoms with van der Waals surface area (Å²) >= 11 is 0. The number of fused-ring (bicyclic) bond motifs is 1. The van der Waals surface area contributed by atoms with Crippen LogP contribution in [0.3, 0.4) is 0 Å². The molecule has 100 valence electrons. The summed E-state index contributed by atoms with van der Waals surface area (Å²) in [5, 5.41) is 6.10. The van der Waals surface area contributed by atoms with Crippen LogP contribution in [0.2, 0.25) is 0 Å². The van der Waals surface area contributed by atoms with Gasteiger partial charge in [0, 0.05) is 31.8 Å². The Kier molecular flexibility index (Phi) is 6.12. The first-order valence-corrected chi connectivity index (χ1v) is 5.99. The molecule has 18 heavy (non-hydrogen) atoms. The third-order valence-electron chi connectivity index (χ3n) is 2.84. The molecule has 0 atom stereocenters. The summed E-state index contributed by atoms with van der Waals surface area (Å²) in [7, 11) is 0. The average Bonchev–Trinajstić information content (AvgIpc) is 2.81. The Morgan fingerprint density at radius 2 is 2.17 bits per heavy atom. The van der Waals surface area contributed by atoms with Gasteiger partial charge in [0.25, 0.3) is 5.91 Å². The minimum Gasteiger partial charge on any atom is -0.380 e. The van der Waals surface area contributed by atoms with Gasteiger partial charge in [0.1, 0.15) is 0 Å². The summed E-state index contributed by atoms with van der Waals surface area (Å²) in [6, 6.07) is 5.86. The second kappa shape index (κ2) is 7.36. The van der Waals surface area contributed by atoms with Gasteiger partial charge in [-0.05, 0) is 30.2 Å².